The molecule has 5 heteroatoms. The molecule has 3 rings (SSSR count). The van der Waals surface area contributed by atoms with Crippen molar-refractivity contribution in [2.75, 3.05) is 12.3 Å². The molecule has 0 saturated carbocycles. The molecule has 0 aliphatic carbocycles. The summed E-state index contributed by atoms with van der Waals surface area (Å²) in [6.45, 7) is 0.778. The molecule has 108 valence electrons. The number of carbonyl (C=O) groups excluding carboxylic acids is 1. The van der Waals surface area contributed by atoms with Crippen LogP contribution in [0.1, 0.15) is 30.1 Å². The Morgan fingerprint density at radius 2 is 2.10 bits per heavy atom. The van der Waals surface area contributed by atoms with Crippen LogP contribution < -0.4 is 5.73 Å². The van der Waals surface area contributed by atoms with Crippen LogP contribution in [0.25, 0.3) is 0 Å². The number of anilines is 1. The van der Waals surface area contributed by atoms with Crippen molar-refractivity contribution in [2.24, 2.45) is 0 Å². The predicted molar refractivity (Wildman–Crippen MR) is 80.3 cm³/mol. The molecule has 1 aliphatic rings. The number of amides is 1. The maximum Gasteiger partial charge on any atom is 0.227 e. The topological polar surface area (TPSA) is 72.1 Å². The van der Waals surface area contributed by atoms with E-state index in [1.165, 1.54) is 0 Å². The van der Waals surface area contributed by atoms with E-state index < -0.39 is 0 Å². The van der Waals surface area contributed by atoms with Gasteiger partial charge in [0.05, 0.1) is 18.2 Å². The Morgan fingerprint density at radius 1 is 1.29 bits per heavy atom. The van der Waals surface area contributed by atoms with Crippen LogP contribution in [-0.4, -0.2) is 27.3 Å². The summed E-state index contributed by atoms with van der Waals surface area (Å²) >= 11 is 0. The van der Waals surface area contributed by atoms with E-state index in [2.05, 4.69) is 9.97 Å². The van der Waals surface area contributed by atoms with Gasteiger partial charge in [0.15, 0.2) is 0 Å². The minimum atomic E-state index is 0.0199. The van der Waals surface area contributed by atoms with Crippen LogP contribution in [0.2, 0.25) is 0 Å². The second-order valence-electron chi connectivity index (χ2n) is 5.25. The lowest BCUT2D eigenvalue weighted by Gasteiger charge is -2.24. The summed E-state index contributed by atoms with van der Waals surface area (Å²) in [6.07, 6.45) is 4.00. The molecule has 0 bridgehead atoms. The fourth-order valence-corrected chi connectivity index (χ4v) is 2.82. The molecule has 5 nitrogen and oxygen atoms in total. The highest BCUT2D eigenvalue weighted by Crippen LogP contribution is 2.31. The van der Waals surface area contributed by atoms with Gasteiger partial charge in [0.25, 0.3) is 0 Å². The van der Waals surface area contributed by atoms with Crippen molar-refractivity contribution in [1.29, 1.82) is 0 Å². The standard InChI is InChI=1S/C16H18N4O/c17-16-18-9-8-13(19-16)14-7-4-10-20(14)15(21)11-12-5-2-1-3-6-12/h1-3,5-6,8-9,14H,4,7,10-11H2,(H2,17,18,19). The number of nitrogens with two attached hydrogens (primary N) is 1. The van der Waals surface area contributed by atoms with Gasteiger partial charge in [-0.2, -0.15) is 0 Å². The largest absolute Gasteiger partial charge is 0.368 e. The van der Waals surface area contributed by atoms with Gasteiger partial charge in [0, 0.05) is 12.7 Å². The van der Waals surface area contributed by atoms with Gasteiger partial charge in [-0.25, -0.2) is 9.97 Å². The zero-order valence-corrected chi connectivity index (χ0v) is 11.8. The molecule has 1 unspecified atom stereocenters. The minimum Gasteiger partial charge on any atom is -0.368 e. The van der Waals surface area contributed by atoms with Crippen LogP contribution >= 0.6 is 0 Å². The Kier molecular flexibility index (Phi) is 3.81. The first-order valence-corrected chi connectivity index (χ1v) is 7.16. The number of hydrogen-bond acceptors (Lipinski definition) is 4. The zero-order chi connectivity index (χ0) is 14.7. The first-order valence-electron chi connectivity index (χ1n) is 7.16. The lowest BCUT2D eigenvalue weighted by atomic mass is 10.1. The van der Waals surface area contributed by atoms with Crippen molar-refractivity contribution < 1.29 is 4.79 Å². The third kappa shape index (κ3) is 3.02. The molecule has 0 spiro atoms. The maximum atomic E-state index is 12.5. The number of aromatic nitrogens is 2. The van der Waals surface area contributed by atoms with Gasteiger partial charge in [0.2, 0.25) is 11.9 Å². The van der Waals surface area contributed by atoms with Crippen molar-refractivity contribution in [3.63, 3.8) is 0 Å². The Labute approximate surface area is 123 Å². The number of benzene rings is 1. The Bertz CT molecular complexity index is 629. The molecule has 21 heavy (non-hydrogen) atoms. The fraction of sp³-hybridized carbons (Fsp3) is 0.312. The summed E-state index contributed by atoms with van der Waals surface area (Å²) in [4.78, 5) is 22.6. The monoisotopic (exact) mass is 282 g/mol. The highest BCUT2D eigenvalue weighted by atomic mass is 16.2. The molecule has 2 aromatic rings. The Morgan fingerprint density at radius 3 is 2.86 bits per heavy atom. The maximum absolute atomic E-state index is 12.5. The summed E-state index contributed by atoms with van der Waals surface area (Å²) in [5, 5.41) is 0. The van der Waals surface area contributed by atoms with E-state index in [-0.39, 0.29) is 17.9 Å². The molecule has 1 atom stereocenters. The first kappa shape index (κ1) is 13.5. The number of rotatable bonds is 3. The zero-order valence-electron chi connectivity index (χ0n) is 11.8. The van der Waals surface area contributed by atoms with Crippen molar-refractivity contribution in [3.05, 3.63) is 53.9 Å². The van der Waals surface area contributed by atoms with Crippen LogP contribution in [0.3, 0.4) is 0 Å². The fourth-order valence-electron chi connectivity index (χ4n) is 2.82. The second-order valence-corrected chi connectivity index (χ2v) is 5.25. The van der Waals surface area contributed by atoms with Crippen LogP contribution in [0, 0.1) is 0 Å². The van der Waals surface area contributed by atoms with E-state index in [1.54, 1.807) is 6.20 Å². The van der Waals surface area contributed by atoms with Crippen molar-refractivity contribution in [3.8, 4) is 0 Å². The van der Waals surface area contributed by atoms with Gasteiger partial charge in [-0.3, -0.25) is 4.79 Å². The van der Waals surface area contributed by atoms with E-state index >= 15 is 0 Å². The Hall–Kier alpha value is -2.43. The summed E-state index contributed by atoms with van der Waals surface area (Å²) in [5.74, 6) is 0.399. The molecule has 1 fully saturated rings. The van der Waals surface area contributed by atoms with Crippen molar-refractivity contribution >= 4 is 11.9 Å². The summed E-state index contributed by atoms with van der Waals surface area (Å²) < 4.78 is 0. The average molecular weight is 282 g/mol. The van der Waals surface area contributed by atoms with Gasteiger partial charge in [0.1, 0.15) is 0 Å². The predicted octanol–water partition coefficient (Wildman–Crippen LogP) is 1.97. The molecule has 0 radical (unpaired) electrons. The highest BCUT2D eigenvalue weighted by molar-refractivity contribution is 5.79. The molecule has 1 aromatic heterocycles. The summed E-state index contributed by atoms with van der Waals surface area (Å²) in [5.41, 5.74) is 7.52. The number of likely N-dealkylation sites (tertiary alicyclic amines) is 1. The number of nitrogens with zero attached hydrogens (tertiary/aromatic N) is 3. The van der Waals surface area contributed by atoms with E-state index in [1.807, 2.05) is 41.3 Å². The van der Waals surface area contributed by atoms with Gasteiger partial charge in [-0.1, -0.05) is 30.3 Å². The smallest absolute Gasteiger partial charge is 0.227 e. The molecular weight excluding hydrogens is 264 g/mol. The summed E-state index contributed by atoms with van der Waals surface area (Å²) in [7, 11) is 0. The molecule has 1 amide bonds. The Balaban J connectivity index is 1.76. The molecule has 2 N–H and O–H groups in total. The number of nitrogen functional groups attached to an aromatic ring is 1. The van der Waals surface area contributed by atoms with E-state index in [4.69, 9.17) is 5.73 Å². The van der Waals surface area contributed by atoms with Crippen molar-refractivity contribution in [2.45, 2.75) is 25.3 Å². The summed E-state index contributed by atoms with van der Waals surface area (Å²) in [6, 6.07) is 11.7. The quantitative estimate of drug-likeness (QED) is 0.934. The van der Waals surface area contributed by atoms with Crippen LogP contribution in [0.15, 0.2) is 42.6 Å². The number of carbonyl (C=O) groups is 1. The molecule has 2 heterocycles. The minimum absolute atomic E-state index is 0.0199. The number of hydrogen-bond donors (Lipinski definition) is 1. The van der Waals surface area contributed by atoms with Gasteiger partial charge >= 0.3 is 0 Å². The second kappa shape index (κ2) is 5.91. The molecular formula is C16H18N4O. The molecule has 1 aliphatic heterocycles. The van der Waals surface area contributed by atoms with Crippen LogP contribution in [-0.2, 0) is 11.2 Å². The third-order valence-corrected chi connectivity index (χ3v) is 3.81. The van der Waals surface area contributed by atoms with E-state index in [0.717, 1.165) is 30.6 Å². The van der Waals surface area contributed by atoms with Crippen LogP contribution in [0.5, 0.6) is 0 Å². The third-order valence-electron chi connectivity index (χ3n) is 3.81. The van der Waals surface area contributed by atoms with Gasteiger partial charge in [-0.05, 0) is 24.5 Å². The first-order chi connectivity index (χ1) is 10.2. The average Bonchev–Trinajstić information content (AvgIpc) is 2.98. The molecule has 1 aromatic carbocycles. The van der Waals surface area contributed by atoms with Gasteiger partial charge in [-0.15, -0.1) is 0 Å². The van der Waals surface area contributed by atoms with E-state index in [0.29, 0.717) is 6.42 Å². The highest BCUT2D eigenvalue weighted by Gasteiger charge is 2.30. The van der Waals surface area contributed by atoms with E-state index in [9.17, 15) is 4.79 Å². The lowest BCUT2D eigenvalue weighted by molar-refractivity contribution is -0.131. The van der Waals surface area contributed by atoms with Crippen LogP contribution in [0.4, 0.5) is 5.95 Å². The lowest BCUT2D eigenvalue weighted by Crippen LogP contribution is -2.32. The molecule has 1 saturated heterocycles. The van der Waals surface area contributed by atoms with Crippen molar-refractivity contribution in [1.82, 2.24) is 14.9 Å². The van der Waals surface area contributed by atoms with Gasteiger partial charge < -0.3 is 10.6 Å². The SMILES string of the molecule is Nc1nccc(C2CCCN2C(=O)Cc2ccccc2)n1. The normalized spacial score (nSPS) is 17.9.